The molecule has 6 heteroatoms. The highest BCUT2D eigenvalue weighted by atomic mass is 15.0. The van der Waals surface area contributed by atoms with Gasteiger partial charge in [0.15, 0.2) is 0 Å². The molecule has 66 heavy (non-hydrogen) atoms. The van der Waals surface area contributed by atoms with Crippen molar-refractivity contribution < 1.29 is 0 Å². The summed E-state index contributed by atoms with van der Waals surface area (Å²) in [4.78, 5) is 14.1. The number of nitrogen functional groups attached to an aromatic ring is 1. The largest absolute Gasteiger partial charge is 0.383 e. The standard InChI is InChI=1S/C20H16N2.C19H12N2.C13H10N2.C8H10/c1-14-8-2-6-12-18(14)21-20-17-11-4-3-9-15(17)16-10-5-7-13-19(16)22-20;1-2-9-15-13(7-1)14-8-3-5-11-17(14)21-18-12-6-4-10-16(18)20-19(15)21;14-13-11-7-2-1-5-9(11)10-6-3-4-8-12(10)15-13;1-7-5-3-4-6-8(7)2/h2-13H,1H3,(H,21,22);1-12H;1-8H,(H2,14,15);3-6H,1-2H3. The van der Waals surface area contributed by atoms with Crippen molar-refractivity contribution >= 4 is 99.0 Å². The van der Waals surface area contributed by atoms with Crippen LogP contribution < -0.4 is 11.1 Å². The average molecular weight is 853 g/mol. The molecule has 13 aromatic rings. The number of aromatic nitrogens is 4. The number of imidazole rings is 1. The zero-order valence-corrected chi connectivity index (χ0v) is 37.2. The van der Waals surface area contributed by atoms with Crippen LogP contribution in [0, 0.1) is 20.8 Å². The third-order valence-electron chi connectivity index (χ3n) is 12.2. The van der Waals surface area contributed by atoms with Gasteiger partial charge in [-0.3, -0.25) is 4.40 Å². The van der Waals surface area contributed by atoms with Gasteiger partial charge >= 0.3 is 0 Å². The van der Waals surface area contributed by atoms with Gasteiger partial charge in [0.05, 0.1) is 27.6 Å². The molecule has 9 aromatic carbocycles. The van der Waals surface area contributed by atoms with Crippen LogP contribution in [0.25, 0.3) is 81.7 Å². The van der Waals surface area contributed by atoms with E-state index in [1.807, 2.05) is 60.7 Å². The molecule has 0 fully saturated rings. The number of para-hydroxylation sites is 6. The van der Waals surface area contributed by atoms with Gasteiger partial charge in [0, 0.05) is 38.0 Å². The first-order valence-electron chi connectivity index (χ1n) is 22.2. The van der Waals surface area contributed by atoms with Crippen molar-refractivity contribution in [2.24, 2.45) is 0 Å². The summed E-state index contributed by atoms with van der Waals surface area (Å²) in [6.45, 7) is 6.34. The van der Waals surface area contributed by atoms with Gasteiger partial charge in [-0.1, -0.05) is 182 Å². The van der Waals surface area contributed by atoms with E-state index in [0.717, 1.165) is 55.4 Å². The molecule has 0 unspecified atom stereocenters. The fourth-order valence-corrected chi connectivity index (χ4v) is 8.69. The van der Waals surface area contributed by atoms with E-state index in [0.29, 0.717) is 5.82 Å². The third kappa shape index (κ3) is 8.08. The highest BCUT2D eigenvalue weighted by molar-refractivity contribution is 6.14. The summed E-state index contributed by atoms with van der Waals surface area (Å²) < 4.78 is 2.27. The maximum absolute atomic E-state index is 5.91. The molecule has 0 aliphatic heterocycles. The van der Waals surface area contributed by atoms with E-state index in [1.165, 1.54) is 54.5 Å². The van der Waals surface area contributed by atoms with Crippen molar-refractivity contribution in [3.05, 3.63) is 235 Å². The lowest BCUT2D eigenvalue weighted by Crippen LogP contribution is -1.97. The van der Waals surface area contributed by atoms with Gasteiger partial charge in [0.2, 0.25) is 0 Å². The monoisotopic (exact) mass is 852 g/mol. The molecular formula is C60H48N6. The minimum Gasteiger partial charge on any atom is -0.383 e. The molecule has 0 amide bonds. The molecule has 4 aromatic heterocycles. The van der Waals surface area contributed by atoms with E-state index in [1.54, 1.807) is 0 Å². The van der Waals surface area contributed by atoms with E-state index in [2.05, 4.69) is 193 Å². The number of pyridine rings is 3. The molecule has 0 aliphatic carbocycles. The summed E-state index contributed by atoms with van der Waals surface area (Å²) in [5.74, 6) is 1.51. The molecule has 0 bridgehead atoms. The Morgan fingerprint density at radius 1 is 0.333 bits per heavy atom. The molecule has 0 atom stereocenters. The minimum atomic E-state index is 0.601. The zero-order chi connectivity index (χ0) is 45.0. The lowest BCUT2D eigenvalue weighted by atomic mass is 10.1. The first kappa shape index (κ1) is 41.4. The molecule has 0 saturated heterocycles. The number of hydrogen-bond donors (Lipinski definition) is 2. The summed E-state index contributed by atoms with van der Waals surface area (Å²) >= 11 is 0. The number of nitrogens with one attached hydrogen (secondary N) is 1. The molecule has 0 saturated carbocycles. The molecule has 318 valence electrons. The molecule has 13 rings (SSSR count). The summed E-state index contributed by atoms with van der Waals surface area (Å²) in [5, 5.41) is 14.1. The number of hydrogen-bond acceptors (Lipinski definition) is 5. The third-order valence-corrected chi connectivity index (χ3v) is 12.2. The second kappa shape index (κ2) is 18.2. The van der Waals surface area contributed by atoms with Gasteiger partial charge in [-0.25, -0.2) is 15.0 Å². The van der Waals surface area contributed by atoms with Crippen molar-refractivity contribution in [3.8, 4) is 0 Å². The first-order chi connectivity index (χ1) is 32.4. The quantitative estimate of drug-likeness (QED) is 0.169. The first-order valence-corrected chi connectivity index (χ1v) is 22.2. The van der Waals surface area contributed by atoms with Crippen LogP contribution >= 0.6 is 0 Å². The van der Waals surface area contributed by atoms with Crippen molar-refractivity contribution in [2.45, 2.75) is 20.8 Å². The Kier molecular flexibility index (Phi) is 11.4. The molecule has 4 heterocycles. The molecule has 0 spiro atoms. The summed E-state index contributed by atoms with van der Waals surface area (Å²) in [5.41, 5.74) is 17.4. The Balaban J connectivity index is 0.000000109. The smallest absolute Gasteiger partial charge is 0.146 e. The van der Waals surface area contributed by atoms with Crippen LogP contribution in [0.3, 0.4) is 0 Å². The van der Waals surface area contributed by atoms with Crippen molar-refractivity contribution in [1.82, 2.24) is 19.4 Å². The summed E-state index contributed by atoms with van der Waals surface area (Å²) in [6.07, 6.45) is 0. The van der Waals surface area contributed by atoms with Gasteiger partial charge in [-0.15, -0.1) is 0 Å². The molecular weight excluding hydrogens is 805 g/mol. The van der Waals surface area contributed by atoms with Crippen LogP contribution in [-0.4, -0.2) is 19.4 Å². The Labute approximate surface area is 383 Å². The predicted molar refractivity (Wildman–Crippen MR) is 281 cm³/mol. The van der Waals surface area contributed by atoms with Crippen molar-refractivity contribution in [3.63, 3.8) is 0 Å². The van der Waals surface area contributed by atoms with E-state index in [4.69, 9.17) is 15.7 Å². The lowest BCUT2D eigenvalue weighted by molar-refractivity contribution is 1.31. The molecule has 0 radical (unpaired) electrons. The Hall–Kier alpha value is -8.61. The second-order valence-electron chi connectivity index (χ2n) is 16.4. The molecule has 0 aliphatic rings. The fraction of sp³-hybridized carbons (Fsp3) is 0.0500. The number of nitrogens with two attached hydrogens (primary N) is 1. The zero-order valence-electron chi connectivity index (χ0n) is 37.2. The second-order valence-corrected chi connectivity index (χ2v) is 16.4. The molecule has 6 nitrogen and oxygen atoms in total. The van der Waals surface area contributed by atoms with Gasteiger partial charge in [0.1, 0.15) is 17.3 Å². The van der Waals surface area contributed by atoms with Gasteiger partial charge in [0.25, 0.3) is 0 Å². The van der Waals surface area contributed by atoms with E-state index in [-0.39, 0.29) is 0 Å². The van der Waals surface area contributed by atoms with Crippen molar-refractivity contribution in [2.75, 3.05) is 11.1 Å². The topological polar surface area (TPSA) is 81.1 Å². The van der Waals surface area contributed by atoms with Crippen LogP contribution in [0.4, 0.5) is 17.3 Å². The van der Waals surface area contributed by atoms with Gasteiger partial charge < -0.3 is 11.1 Å². The van der Waals surface area contributed by atoms with Crippen LogP contribution in [-0.2, 0) is 0 Å². The van der Waals surface area contributed by atoms with Crippen LogP contribution in [0.15, 0.2) is 218 Å². The number of fused-ring (bicyclic) bond motifs is 14. The number of anilines is 3. The van der Waals surface area contributed by atoms with Crippen molar-refractivity contribution in [1.29, 1.82) is 0 Å². The van der Waals surface area contributed by atoms with E-state index in [9.17, 15) is 0 Å². The summed E-state index contributed by atoms with van der Waals surface area (Å²) in [7, 11) is 0. The van der Waals surface area contributed by atoms with Crippen LogP contribution in [0.5, 0.6) is 0 Å². The number of benzene rings is 9. The average Bonchev–Trinajstić information content (AvgIpc) is 3.77. The molecule has 3 N–H and O–H groups in total. The SMILES string of the molecule is Cc1ccccc1C.Cc1ccccc1Nc1nc2ccccc2c2ccccc12.Nc1nc2ccccc2c2ccccc12.c1ccc2c(c1)nc1c3ccccc3c3ccccc3n21. The van der Waals surface area contributed by atoms with Crippen LogP contribution in [0.2, 0.25) is 0 Å². The highest BCUT2D eigenvalue weighted by Gasteiger charge is 2.13. The van der Waals surface area contributed by atoms with Gasteiger partial charge in [-0.2, -0.15) is 0 Å². The Bertz CT molecular complexity index is 3850. The maximum atomic E-state index is 5.91. The maximum Gasteiger partial charge on any atom is 0.146 e. The summed E-state index contributed by atoms with van der Waals surface area (Å²) in [6, 6.07) is 74.8. The van der Waals surface area contributed by atoms with E-state index >= 15 is 0 Å². The lowest BCUT2D eigenvalue weighted by Gasteiger charge is -2.13. The van der Waals surface area contributed by atoms with Crippen LogP contribution in [0.1, 0.15) is 16.7 Å². The number of rotatable bonds is 2. The minimum absolute atomic E-state index is 0.601. The Morgan fingerprint density at radius 2 is 0.742 bits per heavy atom. The predicted octanol–water partition coefficient (Wildman–Crippen LogP) is 15.5. The van der Waals surface area contributed by atoms with Gasteiger partial charge in [-0.05, 0) is 90.0 Å². The number of aryl methyl sites for hydroxylation is 3. The highest BCUT2D eigenvalue weighted by Crippen LogP contribution is 2.33. The number of nitrogens with zero attached hydrogens (tertiary/aromatic N) is 4. The normalized spacial score (nSPS) is 11.0. The van der Waals surface area contributed by atoms with E-state index < -0.39 is 0 Å². The Morgan fingerprint density at radius 3 is 1.35 bits per heavy atom. The fourth-order valence-electron chi connectivity index (χ4n) is 8.69.